The molecule has 0 fully saturated rings. The largest absolute Gasteiger partial charge is 0.299 e. The molecule has 0 aliphatic carbocycles. The first-order chi connectivity index (χ1) is 8.61. The van der Waals surface area contributed by atoms with E-state index in [-0.39, 0.29) is 0 Å². The maximum atomic E-state index is 4.71. The Labute approximate surface area is 117 Å². The van der Waals surface area contributed by atoms with Crippen LogP contribution in [0.4, 0.5) is 0 Å². The lowest BCUT2D eigenvalue weighted by molar-refractivity contribution is 0.328. The molecule has 3 nitrogen and oxygen atoms in total. The number of aromatic nitrogens is 2. The number of aryl methyl sites for hydroxylation is 1. The van der Waals surface area contributed by atoms with Gasteiger partial charge in [0.1, 0.15) is 0 Å². The fourth-order valence-corrected chi connectivity index (χ4v) is 2.80. The van der Waals surface area contributed by atoms with Gasteiger partial charge in [0.15, 0.2) is 0 Å². The van der Waals surface area contributed by atoms with E-state index < -0.39 is 0 Å². The van der Waals surface area contributed by atoms with Crippen LogP contribution in [-0.4, -0.2) is 33.1 Å². The summed E-state index contributed by atoms with van der Waals surface area (Å²) in [5, 5.41) is 5.99. The van der Waals surface area contributed by atoms with Crippen LogP contribution in [0.5, 0.6) is 0 Å². The molecule has 98 valence electrons. The maximum Gasteiger partial charge on any atom is 0.0843 e. The maximum absolute atomic E-state index is 4.71. The Morgan fingerprint density at radius 2 is 2.11 bits per heavy atom. The number of benzene rings is 1. The molecule has 2 rings (SSSR count). The van der Waals surface area contributed by atoms with Gasteiger partial charge in [-0.15, -0.1) is 0 Å². The van der Waals surface area contributed by atoms with Gasteiger partial charge < -0.3 is 0 Å². The van der Waals surface area contributed by atoms with E-state index in [0.29, 0.717) is 4.83 Å². The van der Waals surface area contributed by atoms with Crippen molar-refractivity contribution in [2.24, 2.45) is 0 Å². The second-order valence-corrected chi connectivity index (χ2v) is 6.32. The summed E-state index contributed by atoms with van der Waals surface area (Å²) in [5.41, 5.74) is 2.40. The lowest BCUT2D eigenvalue weighted by Crippen LogP contribution is -2.24. The van der Waals surface area contributed by atoms with Crippen LogP contribution >= 0.6 is 15.9 Å². The Hall–Kier alpha value is -0.870. The monoisotopic (exact) mass is 309 g/mol. The molecule has 0 bridgehead atoms. The van der Waals surface area contributed by atoms with Gasteiger partial charge in [0.25, 0.3) is 0 Å². The van der Waals surface area contributed by atoms with E-state index in [1.54, 1.807) is 0 Å². The van der Waals surface area contributed by atoms with Crippen LogP contribution in [0.1, 0.15) is 19.5 Å². The zero-order valence-corrected chi connectivity index (χ0v) is 12.8. The molecule has 1 aromatic carbocycles. The van der Waals surface area contributed by atoms with Gasteiger partial charge in [0.2, 0.25) is 0 Å². The molecule has 18 heavy (non-hydrogen) atoms. The minimum atomic E-state index is 0.502. The van der Waals surface area contributed by atoms with E-state index in [1.807, 2.05) is 0 Å². The first kappa shape index (κ1) is 13.6. The van der Waals surface area contributed by atoms with Crippen LogP contribution in [-0.2, 0) is 13.1 Å². The third-order valence-electron chi connectivity index (χ3n) is 3.02. The van der Waals surface area contributed by atoms with Crippen molar-refractivity contribution < 1.29 is 0 Å². The van der Waals surface area contributed by atoms with E-state index in [2.05, 4.69) is 70.7 Å². The zero-order valence-electron chi connectivity index (χ0n) is 11.2. The predicted molar refractivity (Wildman–Crippen MR) is 80.1 cm³/mol. The Bertz CT molecular complexity index is 519. The van der Waals surface area contributed by atoms with Crippen molar-refractivity contribution in [2.45, 2.75) is 31.8 Å². The van der Waals surface area contributed by atoms with E-state index in [9.17, 15) is 0 Å². The topological polar surface area (TPSA) is 21.1 Å². The zero-order chi connectivity index (χ0) is 13.1. The number of fused-ring (bicyclic) bond motifs is 1. The van der Waals surface area contributed by atoms with Crippen molar-refractivity contribution in [1.82, 2.24) is 14.7 Å². The summed E-state index contributed by atoms with van der Waals surface area (Å²) in [6.07, 6.45) is 0. The molecule has 0 spiro atoms. The highest BCUT2D eigenvalue weighted by Crippen LogP contribution is 2.19. The number of para-hydroxylation sites is 1. The molecule has 1 unspecified atom stereocenters. The SMILES string of the molecule is CCn1nc(CN(C)CC(C)Br)c2ccccc21. The van der Waals surface area contributed by atoms with Gasteiger partial charge in [-0.1, -0.05) is 41.1 Å². The van der Waals surface area contributed by atoms with Crippen LogP contribution in [0.15, 0.2) is 24.3 Å². The molecule has 0 N–H and O–H groups in total. The Kier molecular flexibility index (Phi) is 4.40. The molecule has 1 aromatic heterocycles. The van der Waals surface area contributed by atoms with Crippen molar-refractivity contribution >= 4 is 26.8 Å². The summed E-state index contributed by atoms with van der Waals surface area (Å²) in [4.78, 5) is 2.80. The normalized spacial score (nSPS) is 13.4. The van der Waals surface area contributed by atoms with E-state index >= 15 is 0 Å². The number of alkyl halides is 1. The molecular weight excluding hydrogens is 290 g/mol. The van der Waals surface area contributed by atoms with E-state index in [1.165, 1.54) is 16.6 Å². The smallest absolute Gasteiger partial charge is 0.0843 e. The first-order valence-electron chi connectivity index (χ1n) is 6.38. The van der Waals surface area contributed by atoms with Gasteiger partial charge in [-0.2, -0.15) is 5.10 Å². The number of hydrogen-bond acceptors (Lipinski definition) is 2. The van der Waals surface area contributed by atoms with Gasteiger partial charge >= 0.3 is 0 Å². The molecule has 1 heterocycles. The fraction of sp³-hybridized carbons (Fsp3) is 0.500. The molecule has 0 amide bonds. The Morgan fingerprint density at radius 3 is 2.78 bits per heavy atom. The second-order valence-electron chi connectivity index (χ2n) is 4.76. The number of halogens is 1. The number of rotatable bonds is 5. The lowest BCUT2D eigenvalue weighted by atomic mass is 10.2. The lowest BCUT2D eigenvalue weighted by Gasteiger charge is -2.16. The average Bonchev–Trinajstić information content (AvgIpc) is 2.67. The van der Waals surface area contributed by atoms with Crippen molar-refractivity contribution in [3.8, 4) is 0 Å². The standard InChI is InChI=1S/C14H20BrN3/c1-4-18-14-8-6-5-7-12(14)13(16-18)10-17(3)9-11(2)15/h5-8,11H,4,9-10H2,1-3H3. The highest BCUT2D eigenvalue weighted by atomic mass is 79.9. The van der Waals surface area contributed by atoms with Gasteiger partial charge in [0.05, 0.1) is 11.2 Å². The van der Waals surface area contributed by atoms with Crippen LogP contribution in [0.2, 0.25) is 0 Å². The summed E-state index contributed by atoms with van der Waals surface area (Å²) in [6, 6.07) is 8.46. The minimum Gasteiger partial charge on any atom is -0.299 e. The number of nitrogens with zero attached hydrogens (tertiary/aromatic N) is 3. The summed E-state index contributed by atoms with van der Waals surface area (Å²) >= 11 is 3.59. The predicted octanol–water partition coefficient (Wildman–Crippen LogP) is 3.27. The highest BCUT2D eigenvalue weighted by Gasteiger charge is 2.11. The third-order valence-corrected chi connectivity index (χ3v) is 3.31. The first-order valence-corrected chi connectivity index (χ1v) is 7.30. The summed E-state index contributed by atoms with van der Waals surface area (Å²) in [5.74, 6) is 0. The Balaban J connectivity index is 2.28. The molecular formula is C14H20BrN3. The van der Waals surface area contributed by atoms with Gasteiger partial charge in [0, 0.05) is 29.8 Å². The quantitative estimate of drug-likeness (QED) is 0.790. The Morgan fingerprint density at radius 1 is 1.39 bits per heavy atom. The molecule has 0 radical (unpaired) electrons. The molecule has 0 saturated heterocycles. The highest BCUT2D eigenvalue weighted by molar-refractivity contribution is 9.09. The van der Waals surface area contributed by atoms with Gasteiger partial charge in [-0.25, -0.2) is 0 Å². The van der Waals surface area contributed by atoms with E-state index in [0.717, 1.165) is 19.6 Å². The summed E-state index contributed by atoms with van der Waals surface area (Å²) in [7, 11) is 2.14. The summed E-state index contributed by atoms with van der Waals surface area (Å²) < 4.78 is 2.08. The van der Waals surface area contributed by atoms with Crippen molar-refractivity contribution in [2.75, 3.05) is 13.6 Å². The molecule has 0 aliphatic rings. The van der Waals surface area contributed by atoms with Crippen molar-refractivity contribution in [3.63, 3.8) is 0 Å². The van der Waals surface area contributed by atoms with Gasteiger partial charge in [-0.3, -0.25) is 9.58 Å². The third kappa shape index (κ3) is 2.93. The minimum absolute atomic E-state index is 0.502. The molecule has 1 atom stereocenters. The van der Waals surface area contributed by atoms with Crippen LogP contribution in [0, 0.1) is 0 Å². The van der Waals surface area contributed by atoms with Crippen molar-refractivity contribution in [1.29, 1.82) is 0 Å². The van der Waals surface area contributed by atoms with E-state index in [4.69, 9.17) is 5.10 Å². The van der Waals surface area contributed by atoms with Crippen LogP contribution in [0.25, 0.3) is 10.9 Å². The average molecular weight is 310 g/mol. The van der Waals surface area contributed by atoms with Crippen LogP contribution < -0.4 is 0 Å². The fourth-order valence-electron chi connectivity index (χ4n) is 2.30. The molecule has 0 aliphatic heterocycles. The molecule has 2 aromatic rings. The van der Waals surface area contributed by atoms with Crippen LogP contribution in [0.3, 0.4) is 0 Å². The molecule has 4 heteroatoms. The second kappa shape index (κ2) is 5.85. The number of hydrogen-bond donors (Lipinski definition) is 0. The van der Waals surface area contributed by atoms with Crippen molar-refractivity contribution in [3.05, 3.63) is 30.0 Å². The molecule has 0 saturated carbocycles. The summed E-state index contributed by atoms with van der Waals surface area (Å²) in [6.45, 7) is 7.13. The van der Waals surface area contributed by atoms with Gasteiger partial charge in [-0.05, 0) is 20.0 Å².